The third-order valence-electron chi connectivity index (χ3n) is 4.00. The van der Waals surface area contributed by atoms with Gasteiger partial charge in [0.15, 0.2) is 6.61 Å². The molecule has 2 aromatic rings. The van der Waals surface area contributed by atoms with Crippen LogP contribution < -0.4 is 10.1 Å². The number of hydrogen-bond donors (Lipinski definition) is 1. The maximum absolute atomic E-state index is 14.0. The normalized spacial score (nSPS) is 11.6. The summed E-state index contributed by atoms with van der Waals surface area (Å²) in [6.45, 7) is 3.45. The summed E-state index contributed by atoms with van der Waals surface area (Å²) in [5.41, 5.74) is 0.319. The summed E-state index contributed by atoms with van der Waals surface area (Å²) in [5.74, 6) is -0.841. The van der Waals surface area contributed by atoms with Gasteiger partial charge in [0.05, 0.1) is 5.02 Å². The average molecular weight is 393 g/mol. The number of halogens is 2. The minimum Gasteiger partial charge on any atom is -0.482 e. The van der Waals surface area contributed by atoms with Crippen LogP contribution in [0.3, 0.4) is 0 Å². The van der Waals surface area contributed by atoms with E-state index < -0.39 is 17.8 Å². The second-order valence-corrected chi connectivity index (χ2v) is 6.31. The van der Waals surface area contributed by atoms with Crippen LogP contribution in [0.15, 0.2) is 48.5 Å². The zero-order chi connectivity index (χ0) is 19.8. The average Bonchev–Trinajstić information content (AvgIpc) is 2.66. The number of hydrogen-bond acceptors (Lipinski definition) is 3. The number of ether oxygens (including phenoxy) is 1. The molecule has 144 valence electrons. The molecule has 7 heteroatoms. The number of likely N-dealkylation sites (N-methyl/N-ethyl adjacent to an activating group) is 1. The van der Waals surface area contributed by atoms with Crippen molar-refractivity contribution in [2.24, 2.45) is 0 Å². The molecule has 0 radical (unpaired) electrons. The third kappa shape index (κ3) is 5.69. The van der Waals surface area contributed by atoms with Crippen LogP contribution in [-0.4, -0.2) is 35.9 Å². The van der Waals surface area contributed by atoms with Gasteiger partial charge < -0.3 is 15.0 Å². The fourth-order valence-electron chi connectivity index (χ4n) is 2.50. The molecular weight excluding hydrogens is 371 g/mol. The smallest absolute Gasteiger partial charge is 0.261 e. The SMILES string of the molecule is CCNC(=O)[C@@H](C)N(Cc1ccccc1F)C(=O)COc1ccccc1Cl. The zero-order valence-corrected chi connectivity index (χ0v) is 16.0. The predicted octanol–water partition coefficient (Wildman–Crippen LogP) is 3.41. The molecule has 0 spiro atoms. The summed E-state index contributed by atoms with van der Waals surface area (Å²) in [4.78, 5) is 26.3. The Labute approximate surface area is 163 Å². The van der Waals surface area contributed by atoms with Crippen LogP contribution >= 0.6 is 11.6 Å². The summed E-state index contributed by atoms with van der Waals surface area (Å²) < 4.78 is 19.5. The van der Waals surface area contributed by atoms with Gasteiger partial charge in [0, 0.05) is 18.7 Å². The molecule has 0 aliphatic rings. The van der Waals surface area contributed by atoms with E-state index in [1.165, 1.54) is 11.0 Å². The van der Waals surface area contributed by atoms with Gasteiger partial charge >= 0.3 is 0 Å². The Bertz CT molecular complexity index is 800. The molecule has 2 aromatic carbocycles. The van der Waals surface area contributed by atoms with Crippen molar-refractivity contribution >= 4 is 23.4 Å². The first-order valence-corrected chi connectivity index (χ1v) is 8.99. The molecule has 1 atom stereocenters. The summed E-state index contributed by atoms with van der Waals surface area (Å²) in [7, 11) is 0. The van der Waals surface area contributed by atoms with Gasteiger partial charge in [0.1, 0.15) is 17.6 Å². The Kier molecular flexibility index (Phi) is 7.61. The van der Waals surface area contributed by atoms with Crippen LogP contribution in [-0.2, 0) is 16.1 Å². The van der Waals surface area contributed by atoms with E-state index in [4.69, 9.17) is 16.3 Å². The number of benzene rings is 2. The fraction of sp³-hybridized carbons (Fsp3) is 0.300. The zero-order valence-electron chi connectivity index (χ0n) is 15.2. The molecule has 0 bridgehead atoms. The van der Waals surface area contributed by atoms with E-state index in [9.17, 15) is 14.0 Å². The largest absolute Gasteiger partial charge is 0.482 e. The number of nitrogens with zero attached hydrogens (tertiary/aromatic N) is 1. The molecule has 0 aliphatic carbocycles. The second kappa shape index (κ2) is 9.92. The van der Waals surface area contributed by atoms with Gasteiger partial charge in [0.25, 0.3) is 5.91 Å². The van der Waals surface area contributed by atoms with Crippen LogP contribution in [0.25, 0.3) is 0 Å². The summed E-state index contributed by atoms with van der Waals surface area (Å²) in [6.07, 6.45) is 0. The summed E-state index contributed by atoms with van der Waals surface area (Å²) in [5, 5.41) is 3.05. The highest BCUT2D eigenvalue weighted by molar-refractivity contribution is 6.32. The molecule has 0 saturated carbocycles. The van der Waals surface area contributed by atoms with Gasteiger partial charge in [-0.1, -0.05) is 41.9 Å². The van der Waals surface area contributed by atoms with Crippen molar-refractivity contribution in [2.45, 2.75) is 26.4 Å². The molecule has 1 N–H and O–H groups in total. The minimum atomic E-state index is -0.785. The molecule has 2 amide bonds. The monoisotopic (exact) mass is 392 g/mol. The third-order valence-corrected chi connectivity index (χ3v) is 4.32. The first-order chi connectivity index (χ1) is 12.9. The highest BCUT2D eigenvalue weighted by Crippen LogP contribution is 2.23. The van der Waals surface area contributed by atoms with Crippen LogP contribution in [0.5, 0.6) is 5.75 Å². The van der Waals surface area contributed by atoms with Gasteiger partial charge in [-0.15, -0.1) is 0 Å². The predicted molar refractivity (Wildman–Crippen MR) is 102 cm³/mol. The van der Waals surface area contributed by atoms with E-state index >= 15 is 0 Å². The van der Waals surface area contributed by atoms with Crippen molar-refractivity contribution < 1.29 is 18.7 Å². The topological polar surface area (TPSA) is 58.6 Å². The van der Waals surface area contributed by atoms with Crippen LogP contribution in [0.4, 0.5) is 4.39 Å². The van der Waals surface area contributed by atoms with E-state index in [2.05, 4.69) is 5.32 Å². The van der Waals surface area contributed by atoms with Crippen LogP contribution in [0, 0.1) is 5.82 Å². The lowest BCUT2D eigenvalue weighted by atomic mass is 10.1. The number of nitrogens with one attached hydrogen (secondary N) is 1. The van der Waals surface area contributed by atoms with Crippen LogP contribution in [0.1, 0.15) is 19.4 Å². The number of carbonyl (C=O) groups excluding carboxylic acids is 2. The van der Waals surface area contributed by atoms with Crippen molar-refractivity contribution in [2.75, 3.05) is 13.2 Å². The maximum Gasteiger partial charge on any atom is 0.261 e. The molecule has 0 fully saturated rings. The Morgan fingerprint density at radius 1 is 1.19 bits per heavy atom. The molecule has 0 heterocycles. The lowest BCUT2D eigenvalue weighted by Gasteiger charge is -2.28. The summed E-state index contributed by atoms with van der Waals surface area (Å²) in [6, 6.07) is 12.1. The fourth-order valence-corrected chi connectivity index (χ4v) is 2.69. The highest BCUT2D eigenvalue weighted by atomic mass is 35.5. The quantitative estimate of drug-likeness (QED) is 0.749. The number of para-hydroxylation sites is 1. The van der Waals surface area contributed by atoms with Gasteiger partial charge in [-0.2, -0.15) is 0 Å². The van der Waals surface area contributed by atoms with Crippen molar-refractivity contribution in [3.05, 3.63) is 64.9 Å². The molecule has 0 aliphatic heterocycles. The van der Waals surface area contributed by atoms with Crippen molar-refractivity contribution in [3.63, 3.8) is 0 Å². The number of carbonyl (C=O) groups is 2. The molecule has 0 aromatic heterocycles. The molecular formula is C20H22ClFN2O3. The van der Waals surface area contributed by atoms with Crippen molar-refractivity contribution in [1.82, 2.24) is 10.2 Å². The molecule has 2 rings (SSSR count). The Morgan fingerprint density at radius 3 is 2.52 bits per heavy atom. The van der Waals surface area contributed by atoms with E-state index in [0.29, 0.717) is 22.9 Å². The Morgan fingerprint density at radius 2 is 1.85 bits per heavy atom. The molecule has 0 unspecified atom stereocenters. The standard InChI is InChI=1S/C20H22ClFN2O3/c1-3-23-20(26)14(2)24(12-15-8-4-6-10-17(15)22)19(25)13-27-18-11-7-5-9-16(18)21/h4-11,14H,3,12-13H2,1-2H3,(H,23,26)/t14-/m1/s1. The van der Waals surface area contributed by atoms with Crippen molar-refractivity contribution in [1.29, 1.82) is 0 Å². The second-order valence-electron chi connectivity index (χ2n) is 5.90. The van der Waals surface area contributed by atoms with E-state index in [1.54, 1.807) is 56.3 Å². The van der Waals surface area contributed by atoms with Crippen LogP contribution in [0.2, 0.25) is 5.02 Å². The maximum atomic E-state index is 14.0. The number of amides is 2. The molecule has 0 saturated heterocycles. The van der Waals surface area contributed by atoms with Gasteiger partial charge in [-0.3, -0.25) is 9.59 Å². The van der Waals surface area contributed by atoms with Gasteiger partial charge in [-0.25, -0.2) is 4.39 Å². The van der Waals surface area contributed by atoms with E-state index in [-0.39, 0.29) is 19.1 Å². The Balaban J connectivity index is 2.17. The number of rotatable bonds is 8. The summed E-state index contributed by atoms with van der Waals surface area (Å²) >= 11 is 6.03. The van der Waals surface area contributed by atoms with E-state index in [1.807, 2.05) is 0 Å². The molecule has 27 heavy (non-hydrogen) atoms. The van der Waals surface area contributed by atoms with Gasteiger partial charge in [-0.05, 0) is 32.0 Å². The van der Waals surface area contributed by atoms with Gasteiger partial charge in [0.2, 0.25) is 5.91 Å². The highest BCUT2D eigenvalue weighted by Gasteiger charge is 2.27. The first kappa shape index (κ1) is 20.7. The van der Waals surface area contributed by atoms with E-state index in [0.717, 1.165) is 0 Å². The lowest BCUT2D eigenvalue weighted by molar-refractivity contribution is -0.142. The lowest BCUT2D eigenvalue weighted by Crippen LogP contribution is -2.49. The minimum absolute atomic E-state index is 0.0459. The first-order valence-electron chi connectivity index (χ1n) is 8.62. The Hall–Kier alpha value is -2.60. The molecule has 5 nitrogen and oxygen atoms in total. The van der Waals surface area contributed by atoms with Crippen molar-refractivity contribution in [3.8, 4) is 5.75 Å².